The number of likely N-dealkylation sites (tertiary alicyclic amines) is 1. The third-order valence-corrected chi connectivity index (χ3v) is 11.0. The van der Waals surface area contributed by atoms with Gasteiger partial charge in [-0.3, -0.25) is 24.0 Å². The van der Waals surface area contributed by atoms with Crippen LogP contribution in [0.25, 0.3) is 10.4 Å². The van der Waals surface area contributed by atoms with Gasteiger partial charge in [0.15, 0.2) is 0 Å². The van der Waals surface area contributed by atoms with Gasteiger partial charge in [-0.05, 0) is 49.2 Å². The van der Waals surface area contributed by atoms with Crippen molar-refractivity contribution in [1.29, 1.82) is 0 Å². The predicted molar refractivity (Wildman–Crippen MR) is 205 cm³/mol. The second-order valence-corrected chi connectivity index (χ2v) is 14.9. The number of ketones is 1. The summed E-state index contributed by atoms with van der Waals surface area (Å²) in [5.41, 5.74) is 10.0. The van der Waals surface area contributed by atoms with Crippen molar-refractivity contribution >= 4 is 29.5 Å². The van der Waals surface area contributed by atoms with E-state index in [2.05, 4.69) is 20.7 Å². The molecule has 1 saturated heterocycles. The Labute approximate surface area is 320 Å². The second kappa shape index (κ2) is 22.4. The molecule has 1 fully saturated rings. The quantitative estimate of drug-likeness (QED) is 0.0829. The SMILES string of the molecule is CC[C@H](C)[C@@H]([C@@H](CC(=O)N1CCC[C@H]1[C@H](OC)[C@@H](C)C(=O)C[C@@H](Cc1ccccc1)C(=O)O)OC)N(C)C(=O)[C@@H](NC(=O)[C@@H](NC)C(C)C)[C@H](C)N=[N+]=[N-]. The van der Waals surface area contributed by atoms with Gasteiger partial charge in [-0.2, -0.15) is 0 Å². The van der Waals surface area contributed by atoms with Gasteiger partial charge in [-0.15, -0.1) is 0 Å². The van der Waals surface area contributed by atoms with Crippen LogP contribution in [-0.2, 0) is 39.9 Å². The van der Waals surface area contributed by atoms with Gasteiger partial charge >= 0.3 is 5.97 Å². The highest BCUT2D eigenvalue weighted by molar-refractivity contribution is 5.91. The fourth-order valence-corrected chi connectivity index (χ4v) is 7.68. The number of carbonyl (C=O) groups excluding carboxylic acids is 4. The van der Waals surface area contributed by atoms with Crippen LogP contribution in [0.3, 0.4) is 0 Å². The van der Waals surface area contributed by atoms with Crippen molar-refractivity contribution in [2.45, 2.75) is 122 Å². The van der Waals surface area contributed by atoms with Gasteiger partial charge in [0.1, 0.15) is 11.8 Å². The predicted octanol–water partition coefficient (Wildman–Crippen LogP) is 4.24. The van der Waals surface area contributed by atoms with Gasteiger partial charge in [0.05, 0.1) is 48.7 Å². The minimum absolute atomic E-state index is 0.0747. The molecule has 0 aliphatic carbocycles. The Morgan fingerprint density at radius 1 is 1.04 bits per heavy atom. The zero-order chi connectivity index (χ0) is 40.7. The molecule has 1 aromatic rings. The van der Waals surface area contributed by atoms with E-state index < -0.39 is 72.0 Å². The number of ether oxygens (including phenoxy) is 2. The summed E-state index contributed by atoms with van der Waals surface area (Å²) in [5.74, 6) is -4.21. The molecule has 0 saturated carbocycles. The number of aliphatic carboxylic acids is 1. The summed E-state index contributed by atoms with van der Waals surface area (Å²) in [7, 11) is 6.24. The van der Waals surface area contributed by atoms with E-state index in [9.17, 15) is 34.6 Å². The maximum atomic E-state index is 14.2. The number of carboxylic acids is 1. The lowest BCUT2D eigenvalue weighted by Gasteiger charge is -2.41. The molecule has 0 unspecified atom stereocenters. The van der Waals surface area contributed by atoms with Crippen LogP contribution in [0.2, 0.25) is 0 Å². The van der Waals surface area contributed by atoms with Crippen LogP contribution >= 0.6 is 0 Å². The van der Waals surface area contributed by atoms with Crippen LogP contribution in [0.5, 0.6) is 0 Å². The van der Waals surface area contributed by atoms with Crippen molar-refractivity contribution in [3.8, 4) is 0 Å². The van der Waals surface area contributed by atoms with Crippen LogP contribution in [-0.4, -0.2) is 122 Å². The molecule has 1 heterocycles. The van der Waals surface area contributed by atoms with Gasteiger partial charge in [-0.25, -0.2) is 0 Å². The summed E-state index contributed by atoms with van der Waals surface area (Å²) >= 11 is 0. The maximum Gasteiger partial charge on any atom is 0.307 e. The Hall–Kier alpha value is -4.04. The summed E-state index contributed by atoms with van der Waals surface area (Å²) in [6.45, 7) is 11.4. The molecule has 0 bridgehead atoms. The normalized spacial score (nSPS) is 19.3. The van der Waals surface area contributed by atoms with Crippen molar-refractivity contribution in [3.63, 3.8) is 0 Å². The molecule has 15 heteroatoms. The average molecular weight is 758 g/mol. The Morgan fingerprint density at radius 2 is 1.69 bits per heavy atom. The second-order valence-electron chi connectivity index (χ2n) is 14.9. The first kappa shape index (κ1) is 46.1. The van der Waals surface area contributed by atoms with Gasteiger partial charge < -0.3 is 35.0 Å². The molecule has 1 aliphatic heterocycles. The zero-order valence-corrected chi connectivity index (χ0v) is 33.7. The highest BCUT2D eigenvalue weighted by atomic mass is 16.5. The molecule has 1 aromatic carbocycles. The number of Topliss-reactive ketones (excluding diaryl/α,β-unsaturated/α-hetero) is 1. The Morgan fingerprint density at radius 3 is 2.20 bits per heavy atom. The van der Waals surface area contributed by atoms with Crippen LogP contribution in [0.15, 0.2) is 35.4 Å². The van der Waals surface area contributed by atoms with Crippen molar-refractivity contribution in [2.75, 3.05) is 34.9 Å². The molecule has 10 atom stereocenters. The zero-order valence-electron chi connectivity index (χ0n) is 33.7. The third-order valence-electron chi connectivity index (χ3n) is 11.0. The van der Waals surface area contributed by atoms with E-state index >= 15 is 0 Å². The molecule has 1 aliphatic rings. The molecule has 0 radical (unpaired) electrons. The molecule has 15 nitrogen and oxygen atoms in total. The van der Waals surface area contributed by atoms with Gasteiger partial charge in [-0.1, -0.05) is 83.4 Å². The summed E-state index contributed by atoms with van der Waals surface area (Å²) in [6, 6.07) is 5.48. The maximum absolute atomic E-state index is 14.2. The molecular formula is C39H63N7O8. The Balaban J connectivity index is 2.31. The summed E-state index contributed by atoms with van der Waals surface area (Å²) in [5, 5.41) is 19.4. The fourth-order valence-electron chi connectivity index (χ4n) is 7.68. The molecule has 3 amide bonds. The molecule has 0 aromatic heterocycles. The van der Waals surface area contributed by atoms with Gasteiger partial charge in [0.2, 0.25) is 17.7 Å². The smallest absolute Gasteiger partial charge is 0.307 e. The standard InChI is InChI=1S/C39H63N7O8/c1-11-24(4)35(45(8)38(50)34(26(6)43-44-40)42-37(49)33(41-7)23(2)3)31(53-9)22-32(48)46-19-15-18-29(46)36(54-10)25(5)30(47)21-28(39(51)52)20-27-16-13-12-14-17-27/h12-14,16-17,23-26,28-29,31,33-36,41H,11,15,18-22H2,1-10H3,(H,42,49)(H,51,52)/t24-,25-,26-,28+,29-,31+,33-,34-,35-,36+/m0/s1. The summed E-state index contributed by atoms with van der Waals surface area (Å²) in [6.07, 6.45) is 0.509. The highest BCUT2D eigenvalue weighted by Crippen LogP contribution is 2.31. The minimum atomic E-state index is -1.18. The van der Waals surface area contributed by atoms with E-state index in [0.29, 0.717) is 25.8 Å². The molecule has 2 rings (SSSR count). The van der Waals surface area contributed by atoms with Crippen molar-refractivity contribution in [3.05, 3.63) is 46.3 Å². The monoisotopic (exact) mass is 757 g/mol. The van der Waals surface area contributed by atoms with E-state index in [0.717, 1.165) is 5.56 Å². The van der Waals surface area contributed by atoms with Crippen molar-refractivity contribution in [1.82, 2.24) is 20.4 Å². The first-order valence-corrected chi connectivity index (χ1v) is 19.0. The lowest BCUT2D eigenvalue weighted by atomic mass is 9.85. The number of amides is 3. The van der Waals surface area contributed by atoms with Crippen molar-refractivity contribution < 1.29 is 38.6 Å². The number of azide groups is 1. The fraction of sp³-hybridized carbons (Fsp3) is 0.718. The topological polar surface area (TPSA) is 203 Å². The first-order valence-electron chi connectivity index (χ1n) is 19.0. The number of carbonyl (C=O) groups is 5. The van der Waals surface area contributed by atoms with E-state index in [-0.39, 0.29) is 42.8 Å². The lowest BCUT2D eigenvalue weighted by Crippen LogP contribution is -2.60. The molecule has 0 spiro atoms. The number of methoxy groups -OCH3 is 2. The number of hydrogen-bond donors (Lipinski definition) is 3. The number of benzene rings is 1. The first-order chi connectivity index (χ1) is 25.6. The van der Waals surface area contributed by atoms with Crippen LogP contribution < -0.4 is 10.6 Å². The Bertz CT molecular complexity index is 1440. The van der Waals surface area contributed by atoms with Crippen LogP contribution in [0.4, 0.5) is 0 Å². The third kappa shape index (κ3) is 12.2. The largest absolute Gasteiger partial charge is 0.481 e. The summed E-state index contributed by atoms with van der Waals surface area (Å²) < 4.78 is 11.8. The van der Waals surface area contributed by atoms with Gasteiger partial charge in [0, 0.05) is 45.1 Å². The van der Waals surface area contributed by atoms with E-state index in [1.54, 1.807) is 32.8 Å². The van der Waals surface area contributed by atoms with E-state index in [4.69, 9.17) is 9.47 Å². The molecule has 302 valence electrons. The molecular weight excluding hydrogens is 694 g/mol. The van der Waals surface area contributed by atoms with Crippen LogP contribution in [0.1, 0.15) is 79.2 Å². The number of hydrogen-bond acceptors (Lipinski definition) is 9. The summed E-state index contributed by atoms with van der Waals surface area (Å²) in [4.78, 5) is 73.4. The number of likely N-dealkylation sites (N-methyl/N-ethyl adjacent to an activating group) is 2. The molecule has 54 heavy (non-hydrogen) atoms. The molecule has 3 N–H and O–H groups in total. The number of rotatable bonds is 23. The Kier molecular flexibility index (Phi) is 19.1. The highest BCUT2D eigenvalue weighted by Gasteiger charge is 2.43. The van der Waals surface area contributed by atoms with E-state index in [1.165, 1.54) is 19.1 Å². The number of carboxylic acid groups (broad SMARTS) is 1. The number of nitrogens with one attached hydrogen (secondary N) is 2. The number of nitrogens with zero attached hydrogens (tertiary/aromatic N) is 5. The van der Waals surface area contributed by atoms with Crippen LogP contribution in [0, 0.1) is 23.7 Å². The minimum Gasteiger partial charge on any atom is -0.481 e. The van der Waals surface area contributed by atoms with Crippen molar-refractivity contribution in [2.24, 2.45) is 28.8 Å². The van der Waals surface area contributed by atoms with E-state index in [1.807, 2.05) is 58.0 Å². The average Bonchev–Trinajstić information content (AvgIpc) is 3.63. The van der Waals surface area contributed by atoms with Gasteiger partial charge in [0.25, 0.3) is 0 Å². The lowest BCUT2D eigenvalue weighted by molar-refractivity contribution is -0.148.